The molecule has 1 aliphatic rings. The molecule has 0 aromatic heterocycles. The van der Waals surface area contributed by atoms with Crippen LogP contribution in [0.15, 0.2) is 158 Å². The van der Waals surface area contributed by atoms with Crippen LogP contribution in [0.2, 0.25) is 0 Å². The minimum Gasteiger partial charge on any atom is -0.0616 e. The molecule has 10 rings (SSSR count). The highest BCUT2D eigenvalue weighted by Crippen LogP contribution is 2.48. The van der Waals surface area contributed by atoms with Gasteiger partial charge in [-0.1, -0.05) is 146 Å². The molecule has 9 aromatic rings. The maximum Gasteiger partial charge on any atom is -0.00132 e. The van der Waals surface area contributed by atoms with Gasteiger partial charge in [-0.05, 0) is 117 Å². The van der Waals surface area contributed by atoms with E-state index in [0.717, 1.165) is 6.42 Å². The molecule has 208 valence electrons. The third kappa shape index (κ3) is 3.54. The van der Waals surface area contributed by atoms with Crippen molar-refractivity contribution in [2.45, 2.75) is 6.42 Å². The zero-order chi connectivity index (χ0) is 29.5. The first-order chi connectivity index (χ1) is 22.3. The maximum atomic E-state index is 2.47. The highest BCUT2D eigenvalue weighted by atomic mass is 14.3. The zero-order valence-corrected chi connectivity index (χ0v) is 24.7. The number of rotatable bonds is 2. The molecule has 0 saturated heterocycles. The van der Waals surface area contributed by atoms with Gasteiger partial charge in [0.2, 0.25) is 0 Å². The van der Waals surface area contributed by atoms with E-state index >= 15 is 0 Å². The molecule has 0 fully saturated rings. The monoisotopic (exact) mass is 568 g/mol. The summed E-state index contributed by atoms with van der Waals surface area (Å²) in [6.45, 7) is 0. The lowest BCUT2D eigenvalue weighted by molar-refractivity contribution is 1.27. The standard InChI is InChI=1S/C45H28/c1-4-14-34-28(11-1)21-23-31-25-30-22-24-32(27-41(30)43(31)34)44-37-17-7-9-19-39(37)45(40-20-10-8-18-38(40)44)42-26-29-12-2-3-13-33(29)35-15-5-6-16-36(35)42/h1-24,26-27H,25H2. The van der Waals surface area contributed by atoms with Crippen molar-refractivity contribution < 1.29 is 0 Å². The number of hydrogen-bond acceptors (Lipinski definition) is 0. The lowest BCUT2D eigenvalue weighted by atomic mass is 9.83. The molecule has 9 aromatic carbocycles. The Hall–Kier alpha value is -5.72. The summed E-state index contributed by atoms with van der Waals surface area (Å²) in [5.41, 5.74) is 10.8. The van der Waals surface area contributed by atoms with Crippen LogP contribution in [0.1, 0.15) is 11.1 Å². The van der Waals surface area contributed by atoms with E-state index < -0.39 is 0 Å². The molecule has 0 spiro atoms. The van der Waals surface area contributed by atoms with Gasteiger partial charge in [-0.15, -0.1) is 0 Å². The number of fused-ring (bicyclic) bond motifs is 10. The van der Waals surface area contributed by atoms with Crippen LogP contribution in [0, 0.1) is 0 Å². The van der Waals surface area contributed by atoms with Gasteiger partial charge in [0, 0.05) is 0 Å². The number of benzene rings is 9. The lowest BCUT2D eigenvalue weighted by Gasteiger charge is -2.20. The first kappa shape index (κ1) is 24.7. The molecule has 0 aliphatic heterocycles. The molecule has 0 N–H and O–H groups in total. The third-order valence-electron chi connectivity index (χ3n) is 10.0. The summed E-state index contributed by atoms with van der Waals surface area (Å²) in [6.07, 6.45) is 0.991. The Morgan fingerprint density at radius 3 is 1.53 bits per heavy atom. The van der Waals surface area contributed by atoms with Crippen molar-refractivity contribution in [3.05, 3.63) is 169 Å². The molecule has 0 saturated carbocycles. The van der Waals surface area contributed by atoms with Crippen LogP contribution < -0.4 is 0 Å². The van der Waals surface area contributed by atoms with Crippen LogP contribution in [-0.4, -0.2) is 0 Å². The van der Waals surface area contributed by atoms with Gasteiger partial charge in [0.05, 0.1) is 0 Å². The Morgan fingerprint density at radius 2 is 0.822 bits per heavy atom. The fourth-order valence-electron chi connectivity index (χ4n) is 8.10. The molecule has 0 heteroatoms. The van der Waals surface area contributed by atoms with E-state index in [4.69, 9.17) is 0 Å². The fourth-order valence-corrected chi connectivity index (χ4v) is 8.10. The predicted octanol–water partition coefficient (Wildman–Crippen LogP) is 12.4. The van der Waals surface area contributed by atoms with Gasteiger partial charge in [0.1, 0.15) is 0 Å². The van der Waals surface area contributed by atoms with Gasteiger partial charge < -0.3 is 0 Å². The SMILES string of the molecule is c1ccc2c3c(ccc2c1)Cc1ccc(-c2c4ccccc4c(-c4cc5ccccc5c5ccccc45)c4ccccc24)cc1-3. The van der Waals surface area contributed by atoms with Crippen molar-refractivity contribution in [1.29, 1.82) is 0 Å². The topological polar surface area (TPSA) is 0 Å². The predicted molar refractivity (Wildman–Crippen MR) is 193 cm³/mol. The molecule has 1 aliphatic carbocycles. The Labute approximate surface area is 261 Å². The molecule has 45 heavy (non-hydrogen) atoms. The van der Waals surface area contributed by atoms with Crippen molar-refractivity contribution in [3.8, 4) is 33.4 Å². The summed E-state index contributed by atoms with van der Waals surface area (Å²) in [4.78, 5) is 0. The van der Waals surface area contributed by atoms with Gasteiger partial charge in [0.15, 0.2) is 0 Å². The van der Waals surface area contributed by atoms with E-state index in [9.17, 15) is 0 Å². The Kier molecular flexibility index (Phi) is 5.15. The molecule has 0 radical (unpaired) electrons. The Balaban J connectivity index is 1.30. The first-order valence-corrected chi connectivity index (χ1v) is 15.8. The van der Waals surface area contributed by atoms with Crippen LogP contribution in [0.3, 0.4) is 0 Å². The fraction of sp³-hybridized carbons (Fsp3) is 0.0222. The summed E-state index contributed by atoms with van der Waals surface area (Å²) in [7, 11) is 0. The summed E-state index contributed by atoms with van der Waals surface area (Å²) in [6, 6.07) is 58.7. The van der Waals surface area contributed by atoms with Gasteiger partial charge in [0.25, 0.3) is 0 Å². The molecule has 0 nitrogen and oxygen atoms in total. The number of hydrogen-bond donors (Lipinski definition) is 0. The third-order valence-corrected chi connectivity index (χ3v) is 10.0. The normalized spacial score (nSPS) is 12.4. The molecule has 0 atom stereocenters. The smallest absolute Gasteiger partial charge is 0.00132 e. The van der Waals surface area contributed by atoms with Crippen molar-refractivity contribution in [1.82, 2.24) is 0 Å². The molecular weight excluding hydrogens is 540 g/mol. The molecule has 0 heterocycles. The highest BCUT2D eigenvalue weighted by Gasteiger charge is 2.23. The van der Waals surface area contributed by atoms with Crippen LogP contribution in [0.4, 0.5) is 0 Å². The second-order valence-electron chi connectivity index (χ2n) is 12.4. The Morgan fingerprint density at radius 1 is 0.289 bits per heavy atom. The minimum absolute atomic E-state index is 0.991. The molecule has 0 bridgehead atoms. The van der Waals surface area contributed by atoms with Crippen molar-refractivity contribution in [2.75, 3.05) is 0 Å². The summed E-state index contributed by atoms with van der Waals surface area (Å²) in [5, 5.41) is 13.0. The highest BCUT2D eigenvalue weighted by molar-refractivity contribution is 6.26. The minimum atomic E-state index is 0.991. The molecule has 0 amide bonds. The van der Waals surface area contributed by atoms with Gasteiger partial charge >= 0.3 is 0 Å². The van der Waals surface area contributed by atoms with E-state index in [1.807, 2.05) is 0 Å². The largest absolute Gasteiger partial charge is 0.0616 e. The second-order valence-corrected chi connectivity index (χ2v) is 12.4. The second kappa shape index (κ2) is 9.39. The van der Waals surface area contributed by atoms with Gasteiger partial charge in [-0.25, -0.2) is 0 Å². The van der Waals surface area contributed by atoms with Crippen LogP contribution in [-0.2, 0) is 6.42 Å². The maximum absolute atomic E-state index is 2.47. The first-order valence-electron chi connectivity index (χ1n) is 15.8. The van der Waals surface area contributed by atoms with E-state index in [1.54, 1.807) is 0 Å². The summed E-state index contributed by atoms with van der Waals surface area (Å²) >= 11 is 0. The van der Waals surface area contributed by atoms with E-state index in [-0.39, 0.29) is 0 Å². The van der Waals surface area contributed by atoms with Crippen LogP contribution in [0.5, 0.6) is 0 Å². The molecule has 0 unspecified atom stereocenters. The van der Waals surface area contributed by atoms with Crippen molar-refractivity contribution in [3.63, 3.8) is 0 Å². The summed E-state index contributed by atoms with van der Waals surface area (Å²) < 4.78 is 0. The lowest BCUT2D eigenvalue weighted by Crippen LogP contribution is -1.93. The van der Waals surface area contributed by atoms with E-state index in [2.05, 4.69) is 158 Å². The quantitative estimate of drug-likeness (QED) is 0.144. The molecular formula is C45H28. The van der Waals surface area contributed by atoms with Crippen LogP contribution in [0.25, 0.3) is 87.2 Å². The van der Waals surface area contributed by atoms with Gasteiger partial charge in [-0.2, -0.15) is 0 Å². The van der Waals surface area contributed by atoms with Crippen molar-refractivity contribution >= 4 is 53.9 Å². The van der Waals surface area contributed by atoms with Crippen LogP contribution >= 0.6 is 0 Å². The van der Waals surface area contributed by atoms with E-state index in [0.29, 0.717) is 0 Å². The Bertz CT molecular complexity index is 2620. The van der Waals surface area contributed by atoms with Gasteiger partial charge in [-0.3, -0.25) is 0 Å². The average molecular weight is 569 g/mol. The average Bonchev–Trinajstić information content (AvgIpc) is 3.49. The van der Waals surface area contributed by atoms with E-state index in [1.165, 1.54) is 98.4 Å². The summed E-state index contributed by atoms with van der Waals surface area (Å²) in [5.74, 6) is 0. The zero-order valence-electron chi connectivity index (χ0n) is 24.7. The van der Waals surface area contributed by atoms with Crippen molar-refractivity contribution in [2.24, 2.45) is 0 Å².